The summed E-state index contributed by atoms with van der Waals surface area (Å²) in [7, 11) is 0. The Morgan fingerprint density at radius 2 is 0.851 bits per heavy atom. The van der Waals surface area contributed by atoms with Crippen molar-refractivity contribution < 1.29 is 73.8 Å². The van der Waals surface area contributed by atoms with Crippen molar-refractivity contribution in [1.82, 2.24) is 0 Å². The highest BCUT2D eigenvalue weighted by Gasteiger charge is 2.47. The maximum atomic E-state index is 13.0. The SMILES string of the molecule is CCCCCCC/C=C\CCCCCCCC(=O)OCC(COC1OC(COC2OC(CO)C(O)C(O)C2O)C(O)C(O)C1O)OC(=O)CCCCCCCCC/C=C\CCCCCCCC. The summed E-state index contributed by atoms with van der Waals surface area (Å²) in [6.07, 6.45) is 23.4. The van der Waals surface area contributed by atoms with E-state index in [0.717, 1.165) is 70.6 Å². The van der Waals surface area contributed by atoms with Crippen LogP contribution in [0.2, 0.25) is 0 Å². The van der Waals surface area contributed by atoms with Gasteiger partial charge in [0.05, 0.1) is 19.8 Å². The molecule has 0 aromatic carbocycles. The Hall–Kier alpha value is -2.02. The van der Waals surface area contributed by atoms with Crippen molar-refractivity contribution in [2.75, 3.05) is 26.4 Å². The second-order valence-electron chi connectivity index (χ2n) is 18.7. The number of hydrogen-bond donors (Lipinski definition) is 7. The van der Waals surface area contributed by atoms with Crippen molar-refractivity contribution in [3.63, 3.8) is 0 Å². The van der Waals surface area contributed by atoms with E-state index in [9.17, 15) is 45.3 Å². The number of aliphatic hydroxyl groups excluding tert-OH is 7. The van der Waals surface area contributed by atoms with Crippen LogP contribution >= 0.6 is 0 Å². The van der Waals surface area contributed by atoms with E-state index in [1.807, 2.05) is 0 Å². The fourth-order valence-corrected chi connectivity index (χ4v) is 8.26. The average Bonchev–Trinajstić information content (AvgIpc) is 3.32. The number of hydrogen-bond acceptors (Lipinski definition) is 15. The van der Waals surface area contributed by atoms with E-state index < -0.39 is 92.7 Å². The lowest BCUT2D eigenvalue weighted by molar-refractivity contribution is -0.332. The van der Waals surface area contributed by atoms with Gasteiger partial charge in [-0.15, -0.1) is 0 Å². The monoisotopic (exact) mass is 959 g/mol. The van der Waals surface area contributed by atoms with E-state index in [1.54, 1.807) is 0 Å². The molecule has 2 aliphatic heterocycles. The predicted octanol–water partition coefficient (Wildman–Crippen LogP) is 7.55. The largest absolute Gasteiger partial charge is 0.462 e. The molecule has 0 amide bonds. The molecule has 0 aromatic rings. The molecule has 11 atom stereocenters. The van der Waals surface area contributed by atoms with Gasteiger partial charge in [0.2, 0.25) is 0 Å². The van der Waals surface area contributed by atoms with Gasteiger partial charge < -0.3 is 64.2 Å². The highest BCUT2D eigenvalue weighted by atomic mass is 16.7. The van der Waals surface area contributed by atoms with Crippen molar-refractivity contribution in [1.29, 1.82) is 0 Å². The van der Waals surface area contributed by atoms with Crippen LogP contribution in [-0.2, 0) is 38.0 Å². The molecule has 0 spiro atoms. The summed E-state index contributed by atoms with van der Waals surface area (Å²) < 4.78 is 33.6. The van der Waals surface area contributed by atoms with Crippen molar-refractivity contribution in [3.05, 3.63) is 24.3 Å². The molecule has 0 radical (unpaired) electrons. The van der Waals surface area contributed by atoms with Gasteiger partial charge in [-0.3, -0.25) is 9.59 Å². The van der Waals surface area contributed by atoms with Crippen LogP contribution in [0, 0.1) is 0 Å². The van der Waals surface area contributed by atoms with Crippen LogP contribution in [0.15, 0.2) is 24.3 Å². The summed E-state index contributed by atoms with van der Waals surface area (Å²) in [5, 5.41) is 72.1. The molecule has 15 heteroatoms. The smallest absolute Gasteiger partial charge is 0.306 e. The predicted molar refractivity (Wildman–Crippen MR) is 257 cm³/mol. The molecule has 2 fully saturated rings. The molecule has 2 heterocycles. The van der Waals surface area contributed by atoms with Gasteiger partial charge in [-0.2, -0.15) is 0 Å². The molecule has 2 aliphatic rings. The van der Waals surface area contributed by atoms with E-state index in [0.29, 0.717) is 12.8 Å². The normalized spacial score (nSPS) is 26.1. The van der Waals surface area contributed by atoms with Crippen LogP contribution in [-0.4, -0.2) is 142 Å². The van der Waals surface area contributed by atoms with E-state index in [-0.39, 0.29) is 26.1 Å². The second-order valence-corrected chi connectivity index (χ2v) is 18.7. The van der Waals surface area contributed by atoms with Crippen molar-refractivity contribution in [3.8, 4) is 0 Å². The molecule has 67 heavy (non-hydrogen) atoms. The summed E-state index contributed by atoms with van der Waals surface area (Å²) in [5.41, 5.74) is 0. The number of unbranched alkanes of at least 4 members (excludes halogenated alkanes) is 23. The number of carbonyl (C=O) groups excluding carboxylic acids is 2. The van der Waals surface area contributed by atoms with Gasteiger partial charge in [0.25, 0.3) is 0 Å². The Balaban J connectivity index is 1.80. The van der Waals surface area contributed by atoms with Crippen LogP contribution < -0.4 is 0 Å². The third-order valence-electron chi connectivity index (χ3n) is 12.7. The first-order chi connectivity index (χ1) is 32.5. The zero-order valence-corrected chi connectivity index (χ0v) is 41.4. The molecule has 2 rings (SSSR count). The first-order valence-electron chi connectivity index (χ1n) is 26.4. The molecular weight excluding hydrogens is 865 g/mol. The second kappa shape index (κ2) is 39.7. The topological polar surface area (TPSA) is 231 Å². The Morgan fingerprint density at radius 1 is 0.463 bits per heavy atom. The molecule has 0 aliphatic carbocycles. The minimum absolute atomic E-state index is 0.160. The van der Waals surface area contributed by atoms with Crippen LogP contribution in [0.3, 0.4) is 0 Å². The van der Waals surface area contributed by atoms with Gasteiger partial charge in [0.1, 0.15) is 55.4 Å². The highest BCUT2D eigenvalue weighted by molar-refractivity contribution is 5.70. The van der Waals surface area contributed by atoms with E-state index in [1.165, 1.54) is 89.9 Å². The summed E-state index contributed by atoms with van der Waals surface area (Å²) in [6.45, 7) is 2.58. The third kappa shape index (κ3) is 27.8. The van der Waals surface area contributed by atoms with Crippen molar-refractivity contribution in [2.45, 2.75) is 268 Å². The molecular formula is C52H94O15. The average molecular weight is 959 g/mol. The van der Waals surface area contributed by atoms with Crippen molar-refractivity contribution >= 4 is 11.9 Å². The van der Waals surface area contributed by atoms with Gasteiger partial charge in [-0.05, 0) is 64.2 Å². The Kier molecular flexibility index (Phi) is 36.2. The number of ether oxygens (including phenoxy) is 6. The van der Waals surface area contributed by atoms with E-state index in [2.05, 4.69) is 38.2 Å². The summed E-state index contributed by atoms with van der Waals surface area (Å²) >= 11 is 0. The minimum atomic E-state index is -1.76. The van der Waals surface area contributed by atoms with Crippen LogP contribution in [0.1, 0.15) is 200 Å². The van der Waals surface area contributed by atoms with Gasteiger partial charge in [-0.25, -0.2) is 0 Å². The number of rotatable bonds is 41. The minimum Gasteiger partial charge on any atom is -0.462 e. The van der Waals surface area contributed by atoms with Crippen molar-refractivity contribution in [2.24, 2.45) is 0 Å². The fraction of sp³-hybridized carbons (Fsp3) is 0.885. The van der Waals surface area contributed by atoms with Crippen LogP contribution in [0.25, 0.3) is 0 Å². The number of esters is 2. The lowest BCUT2D eigenvalue weighted by atomic mass is 9.98. The molecule has 15 nitrogen and oxygen atoms in total. The Bertz CT molecular complexity index is 1270. The third-order valence-corrected chi connectivity index (χ3v) is 12.7. The zero-order valence-electron chi connectivity index (χ0n) is 41.4. The van der Waals surface area contributed by atoms with E-state index in [4.69, 9.17) is 28.4 Å². The summed E-state index contributed by atoms with van der Waals surface area (Å²) in [6, 6.07) is 0. The summed E-state index contributed by atoms with van der Waals surface area (Å²) in [4.78, 5) is 25.8. The lowest BCUT2D eigenvalue weighted by Crippen LogP contribution is -2.61. The Labute approximate surface area is 403 Å². The van der Waals surface area contributed by atoms with Gasteiger partial charge in [0.15, 0.2) is 18.7 Å². The van der Waals surface area contributed by atoms with Crippen LogP contribution in [0.5, 0.6) is 0 Å². The quantitative estimate of drug-likeness (QED) is 0.0178. The first kappa shape index (κ1) is 61.1. The summed E-state index contributed by atoms with van der Waals surface area (Å²) in [5.74, 6) is -0.935. The highest BCUT2D eigenvalue weighted by Crippen LogP contribution is 2.26. The number of aliphatic hydroxyl groups is 7. The van der Waals surface area contributed by atoms with Gasteiger partial charge >= 0.3 is 11.9 Å². The number of allylic oxidation sites excluding steroid dienone is 4. The molecule has 7 N–H and O–H groups in total. The van der Waals surface area contributed by atoms with Gasteiger partial charge in [0, 0.05) is 12.8 Å². The zero-order chi connectivity index (χ0) is 48.9. The molecule has 0 bridgehead atoms. The lowest BCUT2D eigenvalue weighted by Gasteiger charge is -2.42. The molecule has 11 unspecified atom stereocenters. The van der Waals surface area contributed by atoms with E-state index >= 15 is 0 Å². The molecule has 2 saturated heterocycles. The fourth-order valence-electron chi connectivity index (χ4n) is 8.26. The Morgan fingerprint density at radius 3 is 1.31 bits per heavy atom. The van der Waals surface area contributed by atoms with Gasteiger partial charge in [-0.1, -0.05) is 147 Å². The standard InChI is InChI=1S/C52H94O15/c1-3-5-7-9-11-13-15-17-19-20-21-23-25-27-29-31-33-35-44(55)65-40(37-62-43(54)34-32-30-28-26-24-22-18-16-14-12-10-8-6-4-2)38-63-51-50(61)48(59)46(57)42(67-51)39-64-52-49(60)47(58)45(56)41(36-53)66-52/h16-19,40-42,45-53,56-61H,3-15,20-39H2,1-2H3/b18-16-,19-17-. The maximum absolute atomic E-state index is 13.0. The van der Waals surface area contributed by atoms with Crippen LogP contribution in [0.4, 0.5) is 0 Å². The molecule has 0 saturated carbocycles. The maximum Gasteiger partial charge on any atom is 0.306 e. The first-order valence-corrected chi connectivity index (χ1v) is 26.4. The number of carbonyl (C=O) groups is 2. The molecule has 392 valence electrons. The molecule has 0 aromatic heterocycles.